The van der Waals surface area contributed by atoms with Crippen LogP contribution in [-0.4, -0.2) is 47.3 Å². The van der Waals surface area contributed by atoms with Gasteiger partial charge < -0.3 is 10.2 Å². The van der Waals surface area contributed by atoms with Crippen molar-refractivity contribution in [2.24, 2.45) is 11.3 Å². The van der Waals surface area contributed by atoms with Crippen molar-refractivity contribution in [3.8, 4) is 11.8 Å². The van der Waals surface area contributed by atoms with Crippen molar-refractivity contribution in [3.63, 3.8) is 0 Å². The van der Waals surface area contributed by atoms with Crippen LogP contribution in [0, 0.1) is 23.2 Å². The minimum atomic E-state index is -4.88. The monoisotopic (exact) mass is 467 g/mol. The van der Waals surface area contributed by atoms with Gasteiger partial charge in [0.1, 0.15) is 0 Å². The lowest BCUT2D eigenvalue weighted by atomic mass is 9.74. The number of carboxylic acid groups (broad SMARTS) is 1. The Morgan fingerprint density at radius 3 is 1.84 bits per heavy atom. The van der Waals surface area contributed by atoms with E-state index in [1.165, 1.54) is 0 Å². The number of likely N-dealkylation sites (tertiary alicyclic amines) is 1. The van der Waals surface area contributed by atoms with Crippen molar-refractivity contribution < 1.29 is 41.4 Å². The number of carboxylic acids is 1. The molecule has 10 heteroatoms. The van der Waals surface area contributed by atoms with E-state index in [1.54, 1.807) is 0 Å². The van der Waals surface area contributed by atoms with E-state index < -0.39 is 29.4 Å². The summed E-state index contributed by atoms with van der Waals surface area (Å²) in [6.07, 6.45) is -8.04. The number of halogens is 6. The SMILES string of the molecule is CC(=O)O.CC(C)(CO)C1CCN(CC#Cc2cc(C(F)(F)F)cc(C(F)(F)F)c2)CC1. The van der Waals surface area contributed by atoms with Crippen LogP contribution in [0.4, 0.5) is 26.3 Å². The summed E-state index contributed by atoms with van der Waals surface area (Å²) in [5, 5.41) is 16.9. The second kappa shape index (κ2) is 11.1. The Morgan fingerprint density at radius 1 is 1.03 bits per heavy atom. The Morgan fingerprint density at radius 2 is 1.47 bits per heavy atom. The van der Waals surface area contributed by atoms with E-state index in [-0.39, 0.29) is 30.2 Å². The van der Waals surface area contributed by atoms with Crippen LogP contribution in [0.25, 0.3) is 0 Å². The molecule has 1 aromatic rings. The van der Waals surface area contributed by atoms with Crippen molar-refractivity contribution in [1.82, 2.24) is 4.90 Å². The number of carbonyl (C=O) groups is 1. The molecule has 0 spiro atoms. The van der Waals surface area contributed by atoms with E-state index in [1.807, 2.05) is 18.7 Å². The van der Waals surface area contributed by atoms with Crippen molar-refractivity contribution >= 4 is 5.97 Å². The summed E-state index contributed by atoms with van der Waals surface area (Å²) in [6, 6.07) is 1.37. The summed E-state index contributed by atoms with van der Waals surface area (Å²) < 4.78 is 77.2. The molecular formula is C22H27F6NO3. The van der Waals surface area contributed by atoms with Gasteiger partial charge in [-0.3, -0.25) is 9.69 Å². The molecule has 0 atom stereocenters. The molecule has 0 bridgehead atoms. The Kier molecular flexibility index (Phi) is 9.60. The molecule has 2 N–H and O–H groups in total. The fourth-order valence-corrected chi connectivity index (χ4v) is 3.28. The number of piperidine rings is 1. The van der Waals surface area contributed by atoms with Crippen LogP contribution in [0.1, 0.15) is 50.3 Å². The van der Waals surface area contributed by atoms with Crippen LogP contribution in [0.15, 0.2) is 18.2 Å². The van der Waals surface area contributed by atoms with Crippen molar-refractivity contribution in [3.05, 3.63) is 34.9 Å². The van der Waals surface area contributed by atoms with Crippen LogP contribution in [-0.2, 0) is 17.1 Å². The molecule has 4 nitrogen and oxygen atoms in total. The van der Waals surface area contributed by atoms with Gasteiger partial charge in [-0.2, -0.15) is 26.3 Å². The van der Waals surface area contributed by atoms with Crippen LogP contribution >= 0.6 is 0 Å². The minimum Gasteiger partial charge on any atom is -0.481 e. The Hall–Kier alpha value is -2.25. The zero-order valence-corrected chi connectivity index (χ0v) is 18.1. The van der Waals surface area contributed by atoms with Gasteiger partial charge in [0.15, 0.2) is 0 Å². The lowest BCUT2D eigenvalue weighted by Crippen LogP contribution is -2.40. The highest BCUT2D eigenvalue weighted by atomic mass is 19.4. The third kappa shape index (κ3) is 9.09. The van der Waals surface area contributed by atoms with Gasteiger partial charge in [-0.25, -0.2) is 0 Å². The van der Waals surface area contributed by atoms with E-state index >= 15 is 0 Å². The number of benzene rings is 1. The van der Waals surface area contributed by atoms with Crippen LogP contribution in [0.3, 0.4) is 0 Å². The first-order valence-corrected chi connectivity index (χ1v) is 9.87. The van der Waals surface area contributed by atoms with Crippen molar-refractivity contribution in [2.45, 2.75) is 46.0 Å². The zero-order chi connectivity index (χ0) is 24.7. The maximum atomic E-state index is 12.9. The molecule has 0 aliphatic carbocycles. The maximum Gasteiger partial charge on any atom is 0.416 e. The van der Waals surface area contributed by atoms with Gasteiger partial charge in [0, 0.05) is 19.1 Å². The Balaban J connectivity index is 0.00000118. The number of aliphatic carboxylic acids is 1. The maximum absolute atomic E-state index is 12.9. The van der Waals surface area contributed by atoms with Gasteiger partial charge in [0.25, 0.3) is 5.97 Å². The number of aliphatic hydroxyl groups excluding tert-OH is 1. The highest BCUT2D eigenvalue weighted by Crippen LogP contribution is 2.36. The van der Waals surface area contributed by atoms with E-state index in [4.69, 9.17) is 9.90 Å². The standard InChI is InChI=1S/C20H23F6NO.C2H4O2/c1-18(2,13-28)15-5-8-27(9-6-15)7-3-4-14-10-16(19(21,22)23)12-17(11-14)20(24,25)26;1-2(3)4/h10-12,15,28H,5-9,13H2,1-2H3;1H3,(H,3,4). The molecule has 0 radical (unpaired) electrons. The molecule has 1 aliphatic heterocycles. The second-order valence-corrected chi connectivity index (χ2v) is 8.31. The number of hydrogen-bond acceptors (Lipinski definition) is 3. The molecule has 2 rings (SSSR count). The van der Waals surface area contributed by atoms with Crippen LogP contribution < -0.4 is 0 Å². The Labute approximate surface area is 183 Å². The summed E-state index contributed by atoms with van der Waals surface area (Å²) in [7, 11) is 0. The molecule has 1 saturated heterocycles. The Bertz CT molecular complexity index is 793. The smallest absolute Gasteiger partial charge is 0.416 e. The average molecular weight is 467 g/mol. The lowest BCUT2D eigenvalue weighted by Gasteiger charge is -2.39. The molecule has 0 saturated carbocycles. The summed E-state index contributed by atoms with van der Waals surface area (Å²) >= 11 is 0. The molecule has 180 valence electrons. The summed E-state index contributed by atoms with van der Waals surface area (Å²) in [6.45, 7) is 6.88. The number of alkyl halides is 6. The first-order chi connectivity index (χ1) is 14.6. The van der Waals surface area contributed by atoms with Crippen LogP contribution in [0.5, 0.6) is 0 Å². The summed E-state index contributed by atoms with van der Waals surface area (Å²) in [5.41, 5.74) is -3.21. The van der Waals surface area contributed by atoms with Gasteiger partial charge >= 0.3 is 12.4 Å². The average Bonchev–Trinajstić information content (AvgIpc) is 2.66. The molecule has 1 fully saturated rings. The topological polar surface area (TPSA) is 60.8 Å². The third-order valence-corrected chi connectivity index (χ3v) is 5.22. The molecule has 1 heterocycles. The van der Waals surface area contributed by atoms with E-state index in [9.17, 15) is 31.4 Å². The predicted octanol–water partition coefficient (Wildman–Crippen LogP) is 4.90. The molecule has 32 heavy (non-hydrogen) atoms. The summed E-state index contributed by atoms with van der Waals surface area (Å²) in [4.78, 5) is 11.0. The first-order valence-electron chi connectivity index (χ1n) is 9.87. The molecule has 0 aromatic heterocycles. The third-order valence-electron chi connectivity index (χ3n) is 5.22. The predicted molar refractivity (Wildman–Crippen MR) is 107 cm³/mol. The van der Waals surface area contributed by atoms with Crippen molar-refractivity contribution in [2.75, 3.05) is 26.2 Å². The highest BCUT2D eigenvalue weighted by Gasteiger charge is 2.37. The van der Waals surface area contributed by atoms with Gasteiger partial charge in [-0.05, 0) is 55.5 Å². The van der Waals surface area contributed by atoms with E-state index in [0.717, 1.165) is 32.9 Å². The number of rotatable bonds is 3. The van der Waals surface area contributed by atoms with Gasteiger partial charge in [-0.15, -0.1) is 0 Å². The van der Waals surface area contributed by atoms with Crippen LogP contribution in [0.2, 0.25) is 0 Å². The van der Waals surface area contributed by atoms with Crippen molar-refractivity contribution in [1.29, 1.82) is 0 Å². The second-order valence-electron chi connectivity index (χ2n) is 8.31. The van der Waals surface area contributed by atoms with E-state index in [0.29, 0.717) is 18.1 Å². The zero-order valence-electron chi connectivity index (χ0n) is 18.1. The van der Waals surface area contributed by atoms with Gasteiger partial charge in [0.2, 0.25) is 0 Å². The largest absolute Gasteiger partial charge is 0.481 e. The fraction of sp³-hybridized carbons (Fsp3) is 0.591. The quantitative estimate of drug-likeness (QED) is 0.491. The summed E-state index contributed by atoms with van der Waals surface area (Å²) in [5.74, 6) is 4.65. The van der Waals surface area contributed by atoms with E-state index in [2.05, 4.69) is 11.8 Å². The normalized spacial score (nSPS) is 15.9. The highest BCUT2D eigenvalue weighted by molar-refractivity contribution is 5.62. The van der Waals surface area contributed by atoms with Gasteiger partial charge in [0.05, 0.1) is 17.7 Å². The number of hydrogen-bond donors (Lipinski definition) is 2. The minimum absolute atomic E-state index is 0.0918. The molecule has 0 amide bonds. The fourth-order valence-electron chi connectivity index (χ4n) is 3.28. The van der Waals surface area contributed by atoms with Gasteiger partial charge in [-0.1, -0.05) is 25.7 Å². The lowest BCUT2D eigenvalue weighted by molar-refractivity contribution is -0.143. The number of nitrogens with zero attached hydrogens (tertiary/aromatic N) is 1. The molecule has 0 unspecified atom stereocenters. The first kappa shape index (κ1) is 27.8. The number of aliphatic hydroxyl groups is 1. The molecule has 1 aromatic carbocycles. The molecule has 1 aliphatic rings. The molecular weight excluding hydrogens is 440 g/mol.